The van der Waals surface area contributed by atoms with E-state index in [0.29, 0.717) is 23.1 Å². The number of non-ortho nitro benzene ring substituents is 1. The molecule has 1 atom stereocenters. The monoisotopic (exact) mass is 440 g/mol. The number of ether oxygens (including phenoxy) is 1. The first-order valence-electron chi connectivity index (χ1n) is 10.0. The lowest BCUT2D eigenvalue weighted by Crippen LogP contribution is -2.12. The number of nitro groups is 1. The van der Waals surface area contributed by atoms with E-state index >= 15 is 0 Å². The van der Waals surface area contributed by atoms with Gasteiger partial charge in [-0.1, -0.05) is 43.0 Å². The summed E-state index contributed by atoms with van der Waals surface area (Å²) in [6.07, 6.45) is 0.650. The van der Waals surface area contributed by atoms with Gasteiger partial charge in [-0.25, -0.2) is 0 Å². The largest absolute Gasteiger partial charge is 0.483 e. The Kier molecular flexibility index (Phi) is 7.41. The highest BCUT2D eigenvalue weighted by Gasteiger charge is 2.20. The first-order chi connectivity index (χ1) is 14.9. The van der Waals surface area contributed by atoms with Gasteiger partial charge in [-0.05, 0) is 38.0 Å². The summed E-state index contributed by atoms with van der Waals surface area (Å²) >= 11 is 1.25. The van der Waals surface area contributed by atoms with Crippen molar-refractivity contribution >= 4 is 23.2 Å². The zero-order chi connectivity index (χ0) is 22.4. The third-order valence-corrected chi connectivity index (χ3v) is 5.75. The number of aromatic nitrogens is 3. The van der Waals surface area contributed by atoms with Crippen LogP contribution in [0.4, 0.5) is 5.69 Å². The van der Waals surface area contributed by atoms with Crippen molar-refractivity contribution in [2.45, 2.75) is 45.0 Å². The lowest BCUT2D eigenvalue weighted by atomic mass is 10.1. The van der Waals surface area contributed by atoms with Crippen molar-refractivity contribution in [3.8, 4) is 5.75 Å². The predicted molar refractivity (Wildman–Crippen MR) is 119 cm³/mol. The maximum atomic E-state index is 12.5. The van der Waals surface area contributed by atoms with E-state index in [9.17, 15) is 14.9 Å². The number of hydrogen-bond donors (Lipinski definition) is 0. The number of hydrogen-bond acceptors (Lipinski definition) is 7. The van der Waals surface area contributed by atoms with Crippen LogP contribution in [0.3, 0.4) is 0 Å². The molecular weight excluding hydrogens is 416 g/mol. The number of Topliss-reactive ketones (excluding diaryl/α,β-unsaturated/α-hetero) is 1. The van der Waals surface area contributed by atoms with Gasteiger partial charge in [-0.3, -0.25) is 14.9 Å². The van der Waals surface area contributed by atoms with Crippen LogP contribution < -0.4 is 4.74 Å². The minimum atomic E-state index is -0.513. The fraction of sp³-hybridized carbons (Fsp3) is 0.318. The Bertz CT molecular complexity index is 1070. The van der Waals surface area contributed by atoms with Gasteiger partial charge in [0.15, 0.2) is 22.9 Å². The summed E-state index contributed by atoms with van der Waals surface area (Å²) in [5.74, 6) is 1.33. The molecule has 162 valence electrons. The summed E-state index contributed by atoms with van der Waals surface area (Å²) in [4.78, 5) is 22.9. The molecule has 0 spiro atoms. The molecule has 8 nitrogen and oxygen atoms in total. The van der Waals surface area contributed by atoms with Crippen molar-refractivity contribution in [1.82, 2.24) is 14.8 Å². The van der Waals surface area contributed by atoms with E-state index in [2.05, 4.69) is 17.1 Å². The highest BCUT2D eigenvalue weighted by atomic mass is 32.2. The van der Waals surface area contributed by atoms with Gasteiger partial charge >= 0.3 is 0 Å². The molecule has 0 unspecified atom stereocenters. The molecule has 0 bridgehead atoms. The molecule has 0 amide bonds. The molecule has 2 aromatic carbocycles. The molecule has 0 aliphatic rings. The number of nitrogens with zero attached hydrogens (tertiary/aromatic N) is 4. The van der Waals surface area contributed by atoms with Crippen LogP contribution in [-0.4, -0.2) is 31.2 Å². The van der Waals surface area contributed by atoms with Gasteiger partial charge in [-0.15, -0.1) is 10.2 Å². The summed E-state index contributed by atoms with van der Waals surface area (Å²) in [6.45, 7) is 6.61. The molecule has 0 aliphatic carbocycles. The minimum absolute atomic E-state index is 0.104. The Labute approximate surface area is 184 Å². The Morgan fingerprint density at radius 3 is 2.58 bits per heavy atom. The van der Waals surface area contributed by atoms with Crippen LogP contribution in [0.15, 0.2) is 53.7 Å². The average Bonchev–Trinajstić information content (AvgIpc) is 3.21. The maximum Gasteiger partial charge on any atom is 0.270 e. The first-order valence-corrected chi connectivity index (χ1v) is 11.0. The summed E-state index contributed by atoms with van der Waals surface area (Å²) in [5, 5.41) is 20.0. The van der Waals surface area contributed by atoms with E-state index < -0.39 is 4.92 Å². The molecule has 3 rings (SSSR count). The topological polar surface area (TPSA) is 100 Å². The highest BCUT2D eigenvalue weighted by molar-refractivity contribution is 7.99. The molecular formula is C22H24N4O4S. The van der Waals surface area contributed by atoms with Crippen LogP contribution in [0, 0.1) is 10.1 Å². The van der Waals surface area contributed by atoms with Gasteiger partial charge < -0.3 is 9.30 Å². The van der Waals surface area contributed by atoms with Gasteiger partial charge in [0.2, 0.25) is 0 Å². The molecule has 1 heterocycles. The second-order valence-corrected chi connectivity index (χ2v) is 7.80. The molecule has 3 aromatic rings. The molecule has 9 heteroatoms. The second kappa shape index (κ2) is 10.2. The number of rotatable bonds is 10. The molecule has 0 fully saturated rings. The molecule has 0 saturated heterocycles. The Morgan fingerprint density at radius 2 is 1.94 bits per heavy atom. The zero-order valence-electron chi connectivity index (χ0n) is 17.6. The molecule has 0 radical (unpaired) electrons. The normalized spacial score (nSPS) is 11.8. The van der Waals surface area contributed by atoms with Crippen LogP contribution in [0.1, 0.15) is 48.6 Å². The van der Waals surface area contributed by atoms with Crippen LogP contribution in [0.25, 0.3) is 0 Å². The average molecular weight is 441 g/mol. The maximum absolute atomic E-state index is 12.5. The Balaban J connectivity index is 1.68. The van der Waals surface area contributed by atoms with Crippen molar-refractivity contribution in [3.05, 3.63) is 75.6 Å². The SMILES string of the molecule is CCc1ccc(O[C@@H](C)c2nnc(SCC(=O)c3cccc([N+](=O)[O-])c3)n2CC)cc1. The number of nitro benzene ring substituents is 1. The third kappa shape index (κ3) is 5.49. The standard InChI is InChI=1S/C22H24N4O4S/c1-4-16-9-11-19(12-10-16)30-15(3)21-23-24-22(25(21)5-2)31-14-20(27)17-7-6-8-18(13-17)26(28)29/h6-13,15H,4-5,14H2,1-3H3/t15-/m0/s1. The third-order valence-electron chi connectivity index (χ3n) is 4.78. The van der Waals surface area contributed by atoms with E-state index in [1.807, 2.05) is 42.7 Å². The zero-order valence-corrected chi connectivity index (χ0v) is 18.5. The number of carbonyl (C=O) groups excluding carboxylic acids is 1. The summed E-state index contributed by atoms with van der Waals surface area (Å²) in [6, 6.07) is 13.7. The number of thioether (sulfide) groups is 1. The molecule has 0 saturated carbocycles. The van der Waals surface area contributed by atoms with Crippen LogP contribution in [0.2, 0.25) is 0 Å². The van der Waals surface area contributed by atoms with Crippen LogP contribution in [-0.2, 0) is 13.0 Å². The fourth-order valence-electron chi connectivity index (χ4n) is 3.07. The first kappa shape index (κ1) is 22.5. The molecule has 1 aromatic heterocycles. The molecule has 0 N–H and O–H groups in total. The number of carbonyl (C=O) groups is 1. The predicted octanol–water partition coefficient (Wildman–Crippen LogP) is 4.88. The van der Waals surface area contributed by atoms with Gasteiger partial charge in [0.05, 0.1) is 10.7 Å². The molecule has 31 heavy (non-hydrogen) atoms. The minimum Gasteiger partial charge on any atom is -0.483 e. The van der Waals surface area contributed by atoms with E-state index in [0.717, 1.165) is 12.2 Å². The smallest absolute Gasteiger partial charge is 0.270 e. The molecule has 0 aliphatic heterocycles. The van der Waals surface area contributed by atoms with E-state index in [4.69, 9.17) is 4.74 Å². The van der Waals surface area contributed by atoms with Crippen molar-refractivity contribution in [3.63, 3.8) is 0 Å². The van der Waals surface area contributed by atoms with E-state index in [-0.39, 0.29) is 23.3 Å². The van der Waals surface area contributed by atoms with Crippen LogP contribution >= 0.6 is 11.8 Å². The summed E-state index contributed by atoms with van der Waals surface area (Å²) in [5.41, 5.74) is 1.44. The van der Waals surface area contributed by atoms with Gasteiger partial charge in [0, 0.05) is 24.2 Å². The highest BCUT2D eigenvalue weighted by Crippen LogP contribution is 2.26. The van der Waals surface area contributed by atoms with Gasteiger partial charge in [-0.2, -0.15) is 0 Å². The summed E-state index contributed by atoms with van der Waals surface area (Å²) in [7, 11) is 0. The number of ketones is 1. The summed E-state index contributed by atoms with van der Waals surface area (Å²) < 4.78 is 7.94. The second-order valence-electron chi connectivity index (χ2n) is 6.86. The van der Waals surface area contributed by atoms with Gasteiger partial charge in [0.25, 0.3) is 5.69 Å². The Morgan fingerprint density at radius 1 is 1.19 bits per heavy atom. The lowest BCUT2D eigenvalue weighted by Gasteiger charge is -2.15. The van der Waals surface area contributed by atoms with E-state index in [1.54, 1.807) is 6.07 Å². The Hall–Kier alpha value is -3.20. The van der Waals surface area contributed by atoms with Crippen molar-refractivity contribution in [1.29, 1.82) is 0 Å². The lowest BCUT2D eigenvalue weighted by molar-refractivity contribution is -0.384. The quantitative estimate of drug-likeness (QED) is 0.192. The van der Waals surface area contributed by atoms with E-state index in [1.165, 1.54) is 35.5 Å². The van der Waals surface area contributed by atoms with Crippen molar-refractivity contribution in [2.75, 3.05) is 5.75 Å². The van der Waals surface area contributed by atoms with Gasteiger partial charge in [0.1, 0.15) is 5.75 Å². The number of aryl methyl sites for hydroxylation is 1. The number of benzene rings is 2. The van der Waals surface area contributed by atoms with Crippen molar-refractivity contribution in [2.24, 2.45) is 0 Å². The van der Waals surface area contributed by atoms with Crippen molar-refractivity contribution < 1.29 is 14.5 Å². The fourth-order valence-corrected chi connectivity index (χ4v) is 3.98. The van der Waals surface area contributed by atoms with Crippen LogP contribution in [0.5, 0.6) is 5.75 Å².